The molecule has 0 aliphatic carbocycles. The highest BCUT2D eigenvalue weighted by Gasteiger charge is 2.29. The fourth-order valence-electron chi connectivity index (χ4n) is 3.67. The van der Waals surface area contributed by atoms with Gasteiger partial charge in [-0.15, -0.1) is 0 Å². The Kier molecular flexibility index (Phi) is 9.10. The van der Waals surface area contributed by atoms with E-state index in [4.69, 9.17) is 4.74 Å². The zero-order chi connectivity index (χ0) is 23.0. The summed E-state index contributed by atoms with van der Waals surface area (Å²) in [5.74, 6) is 0.399. The van der Waals surface area contributed by atoms with Crippen molar-refractivity contribution in [2.75, 3.05) is 13.2 Å². The lowest BCUT2D eigenvalue weighted by atomic mass is 10.1. The molecule has 0 fully saturated rings. The summed E-state index contributed by atoms with van der Waals surface area (Å²) >= 11 is 0. The Labute approximate surface area is 186 Å². The van der Waals surface area contributed by atoms with Gasteiger partial charge in [-0.2, -0.15) is 0 Å². The Morgan fingerprint density at radius 2 is 1.77 bits per heavy atom. The third kappa shape index (κ3) is 6.84. The van der Waals surface area contributed by atoms with Gasteiger partial charge in [-0.1, -0.05) is 49.7 Å². The Morgan fingerprint density at radius 3 is 2.42 bits per heavy atom. The van der Waals surface area contributed by atoms with Crippen LogP contribution >= 0.6 is 0 Å². The number of nitrogens with zero attached hydrogens (tertiary/aromatic N) is 1. The molecule has 0 aromatic heterocycles. The van der Waals surface area contributed by atoms with Crippen molar-refractivity contribution in [2.24, 2.45) is 0 Å². The quantitative estimate of drug-likeness (QED) is 0.605. The van der Waals surface area contributed by atoms with E-state index >= 15 is 0 Å². The molecular formula is C26H36N2O3. The highest BCUT2D eigenvalue weighted by molar-refractivity contribution is 5.88. The first-order chi connectivity index (χ1) is 14.8. The highest BCUT2D eigenvalue weighted by Crippen LogP contribution is 2.23. The Balaban J connectivity index is 2.25. The van der Waals surface area contributed by atoms with Crippen molar-refractivity contribution in [3.63, 3.8) is 0 Å². The summed E-state index contributed by atoms with van der Waals surface area (Å²) in [5.41, 5.74) is 5.36. The first-order valence-corrected chi connectivity index (χ1v) is 11.1. The summed E-state index contributed by atoms with van der Waals surface area (Å²) in [6, 6.07) is 11.5. The van der Waals surface area contributed by atoms with Crippen molar-refractivity contribution in [1.29, 1.82) is 0 Å². The lowest BCUT2D eigenvalue weighted by molar-refractivity contribution is -0.143. The van der Waals surface area contributed by atoms with Gasteiger partial charge in [0.05, 0.1) is 0 Å². The van der Waals surface area contributed by atoms with Gasteiger partial charge in [0, 0.05) is 13.1 Å². The molecule has 1 atom stereocenters. The van der Waals surface area contributed by atoms with E-state index in [-0.39, 0.29) is 18.4 Å². The maximum absolute atomic E-state index is 13.3. The first-order valence-electron chi connectivity index (χ1n) is 11.1. The number of hydrogen-bond donors (Lipinski definition) is 1. The zero-order valence-corrected chi connectivity index (χ0v) is 19.7. The maximum atomic E-state index is 13.3. The number of nitrogens with one attached hydrogen (secondary N) is 1. The van der Waals surface area contributed by atoms with Crippen molar-refractivity contribution < 1.29 is 14.3 Å². The van der Waals surface area contributed by atoms with Gasteiger partial charge in [0.1, 0.15) is 11.8 Å². The van der Waals surface area contributed by atoms with Gasteiger partial charge in [-0.05, 0) is 68.9 Å². The molecule has 168 valence electrons. The van der Waals surface area contributed by atoms with E-state index < -0.39 is 6.04 Å². The van der Waals surface area contributed by atoms with Gasteiger partial charge in [-0.25, -0.2) is 0 Å². The van der Waals surface area contributed by atoms with Gasteiger partial charge < -0.3 is 15.0 Å². The summed E-state index contributed by atoms with van der Waals surface area (Å²) in [6.07, 6.45) is 1.39. The Bertz CT molecular complexity index is 908. The van der Waals surface area contributed by atoms with Crippen LogP contribution in [-0.4, -0.2) is 35.9 Å². The SMILES string of the molecule is CCCNC(=O)[C@@H](CC)N(Cc1cccc(C)c1)C(=O)COc1cc(C)cc(C)c1C. The van der Waals surface area contributed by atoms with Crippen molar-refractivity contribution in [2.45, 2.75) is 67.0 Å². The monoisotopic (exact) mass is 424 g/mol. The summed E-state index contributed by atoms with van der Waals surface area (Å²) in [6.45, 7) is 12.9. The number of rotatable bonds is 10. The molecule has 2 aromatic rings. The van der Waals surface area contributed by atoms with E-state index in [1.165, 1.54) is 0 Å². The number of ether oxygens (including phenoxy) is 1. The summed E-state index contributed by atoms with van der Waals surface area (Å²) < 4.78 is 5.94. The molecule has 0 aliphatic rings. The molecule has 0 saturated heterocycles. The van der Waals surface area contributed by atoms with E-state index in [2.05, 4.69) is 11.4 Å². The van der Waals surface area contributed by atoms with Gasteiger partial charge in [0.2, 0.25) is 5.91 Å². The first kappa shape index (κ1) is 24.4. The molecular weight excluding hydrogens is 388 g/mol. The van der Waals surface area contributed by atoms with Gasteiger partial charge in [0.15, 0.2) is 6.61 Å². The molecule has 2 rings (SSSR count). The minimum absolute atomic E-state index is 0.104. The fraction of sp³-hybridized carbons (Fsp3) is 0.462. The van der Waals surface area contributed by atoms with Crippen LogP contribution in [0, 0.1) is 27.7 Å². The van der Waals surface area contributed by atoms with E-state index in [9.17, 15) is 9.59 Å². The zero-order valence-electron chi connectivity index (χ0n) is 19.7. The predicted molar refractivity (Wildman–Crippen MR) is 125 cm³/mol. The van der Waals surface area contributed by atoms with E-state index in [1.807, 2.05) is 71.9 Å². The summed E-state index contributed by atoms with van der Waals surface area (Å²) in [7, 11) is 0. The third-order valence-electron chi connectivity index (χ3n) is 5.49. The average Bonchev–Trinajstić information content (AvgIpc) is 2.73. The molecule has 0 bridgehead atoms. The van der Waals surface area contributed by atoms with Crippen molar-refractivity contribution in [3.05, 3.63) is 64.2 Å². The minimum atomic E-state index is -0.538. The van der Waals surface area contributed by atoms with Crippen molar-refractivity contribution >= 4 is 11.8 Å². The number of carbonyl (C=O) groups is 2. The Hall–Kier alpha value is -2.82. The van der Waals surface area contributed by atoms with E-state index in [0.29, 0.717) is 25.3 Å². The molecule has 5 heteroatoms. The second-order valence-corrected chi connectivity index (χ2v) is 8.22. The standard InChI is InChI=1S/C26H36N2O3/c1-7-12-27-26(30)23(8-2)28(16-22-11-9-10-18(3)14-22)25(29)17-31-24-15-19(4)13-20(5)21(24)6/h9-11,13-15,23H,7-8,12,16-17H2,1-6H3,(H,27,30)/t23-/m1/s1. The summed E-state index contributed by atoms with van der Waals surface area (Å²) in [4.78, 5) is 27.7. The van der Waals surface area contributed by atoms with Crippen molar-refractivity contribution in [3.8, 4) is 5.75 Å². The number of amides is 2. The number of hydrogen-bond acceptors (Lipinski definition) is 3. The molecule has 31 heavy (non-hydrogen) atoms. The molecule has 0 unspecified atom stereocenters. The molecule has 5 nitrogen and oxygen atoms in total. The van der Waals surface area contributed by atoms with Gasteiger partial charge in [0.25, 0.3) is 5.91 Å². The lowest BCUT2D eigenvalue weighted by Gasteiger charge is -2.30. The van der Waals surface area contributed by atoms with E-state index in [0.717, 1.165) is 34.2 Å². The van der Waals surface area contributed by atoms with Crippen LogP contribution in [0.3, 0.4) is 0 Å². The molecule has 0 spiro atoms. The normalized spacial score (nSPS) is 11.7. The average molecular weight is 425 g/mol. The third-order valence-corrected chi connectivity index (χ3v) is 5.49. The molecule has 2 aromatic carbocycles. The van der Waals surface area contributed by atoms with Crippen LogP contribution < -0.4 is 10.1 Å². The summed E-state index contributed by atoms with van der Waals surface area (Å²) in [5, 5.41) is 2.94. The maximum Gasteiger partial charge on any atom is 0.261 e. The van der Waals surface area contributed by atoms with Crippen molar-refractivity contribution in [1.82, 2.24) is 10.2 Å². The largest absolute Gasteiger partial charge is 0.483 e. The van der Waals surface area contributed by atoms with Crippen LogP contribution in [0.5, 0.6) is 5.75 Å². The van der Waals surface area contributed by atoms with Crippen LogP contribution in [0.1, 0.15) is 54.5 Å². The van der Waals surface area contributed by atoms with Crippen LogP contribution in [0.4, 0.5) is 0 Å². The fourth-order valence-corrected chi connectivity index (χ4v) is 3.67. The van der Waals surface area contributed by atoms with Crippen LogP contribution in [0.2, 0.25) is 0 Å². The number of benzene rings is 2. The minimum Gasteiger partial charge on any atom is -0.483 e. The molecule has 0 radical (unpaired) electrons. The lowest BCUT2D eigenvalue weighted by Crippen LogP contribution is -2.50. The Morgan fingerprint density at radius 1 is 1.03 bits per heavy atom. The van der Waals surface area contributed by atoms with Crippen LogP contribution in [0.25, 0.3) is 0 Å². The molecule has 0 saturated carbocycles. The van der Waals surface area contributed by atoms with Gasteiger partial charge >= 0.3 is 0 Å². The topological polar surface area (TPSA) is 58.6 Å². The molecule has 0 heterocycles. The molecule has 2 amide bonds. The van der Waals surface area contributed by atoms with Crippen LogP contribution in [0.15, 0.2) is 36.4 Å². The number of carbonyl (C=O) groups excluding carboxylic acids is 2. The second-order valence-electron chi connectivity index (χ2n) is 8.22. The predicted octanol–water partition coefficient (Wildman–Crippen LogP) is 4.63. The van der Waals surface area contributed by atoms with Gasteiger partial charge in [-0.3, -0.25) is 9.59 Å². The highest BCUT2D eigenvalue weighted by atomic mass is 16.5. The van der Waals surface area contributed by atoms with E-state index in [1.54, 1.807) is 4.90 Å². The smallest absolute Gasteiger partial charge is 0.261 e. The second kappa shape index (κ2) is 11.5. The van der Waals surface area contributed by atoms with Crippen LogP contribution in [-0.2, 0) is 16.1 Å². The molecule has 0 aliphatic heterocycles. The molecule has 1 N–H and O–H groups in total. The number of aryl methyl sites for hydroxylation is 3.